The molecular weight excluding hydrogens is 328 g/mol. The highest BCUT2D eigenvalue weighted by atomic mass is 16.7. The van der Waals surface area contributed by atoms with E-state index in [1.807, 2.05) is 14.7 Å². The molecule has 9 nitrogen and oxygen atoms in total. The molecule has 25 heavy (non-hydrogen) atoms. The van der Waals surface area contributed by atoms with Gasteiger partial charge in [-0.15, -0.1) is 0 Å². The van der Waals surface area contributed by atoms with Crippen molar-refractivity contribution in [1.29, 1.82) is 0 Å². The molecule has 0 spiro atoms. The van der Waals surface area contributed by atoms with Gasteiger partial charge in [-0.3, -0.25) is 9.59 Å². The monoisotopic (exact) mass is 352 g/mol. The second kappa shape index (κ2) is 6.41. The van der Waals surface area contributed by atoms with E-state index < -0.39 is 11.9 Å². The molecule has 3 fully saturated rings. The van der Waals surface area contributed by atoms with Crippen molar-refractivity contribution in [2.45, 2.75) is 12.9 Å². The minimum absolute atomic E-state index is 0.00546. The fraction of sp³-hybridized carbons (Fsp3) is 0.625. The molecule has 3 saturated heterocycles. The Labute approximate surface area is 145 Å². The Morgan fingerprint density at radius 1 is 1.00 bits per heavy atom. The van der Waals surface area contributed by atoms with Crippen molar-refractivity contribution in [2.24, 2.45) is 11.7 Å². The predicted octanol–water partition coefficient (Wildman–Crippen LogP) is -2.61. The van der Waals surface area contributed by atoms with Gasteiger partial charge >= 0.3 is 0 Å². The molecule has 0 aromatic rings. The number of carbonyl (C=O) groups excluding carboxylic acids is 2. The first-order valence-electron chi connectivity index (χ1n) is 8.41. The number of Topliss-reactive ketones (excluding diaryl/α,β-unsaturated/α-hetero) is 1. The van der Waals surface area contributed by atoms with Gasteiger partial charge in [-0.25, -0.2) is 0 Å². The van der Waals surface area contributed by atoms with E-state index in [2.05, 4.69) is 0 Å². The Hall–Kier alpha value is -1.94. The minimum Gasteiger partial charge on any atom is -0.365 e. The lowest BCUT2D eigenvalue weighted by Crippen LogP contribution is -2.39. The topological polar surface area (TPSA) is 130 Å². The maximum atomic E-state index is 12.4. The molecule has 0 aromatic carbocycles. The molecule has 0 bridgehead atoms. The summed E-state index contributed by atoms with van der Waals surface area (Å²) in [6.07, 6.45) is 1.52. The van der Waals surface area contributed by atoms with E-state index in [0.717, 1.165) is 39.3 Å². The van der Waals surface area contributed by atoms with Gasteiger partial charge in [0, 0.05) is 57.8 Å². The summed E-state index contributed by atoms with van der Waals surface area (Å²) in [6, 6.07) is 0. The number of carbonyl (C=O) groups is 2. The zero-order valence-electron chi connectivity index (χ0n) is 14.2. The number of rotatable bonds is 5. The first kappa shape index (κ1) is 17.9. The summed E-state index contributed by atoms with van der Waals surface area (Å²) in [7, 11) is 0. The molecule has 5 N–H and O–H groups in total. The van der Waals surface area contributed by atoms with Gasteiger partial charge in [-0.2, -0.15) is 0 Å². The lowest BCUT2D eigenvalue weighted by Gasteiger charge is -2.21. The van der Waals surface area contributed by atoms with Gasteiger partial charge in [0.25, 0.3) is 5.97 Å². The summed E-state index contributed by atoms with van der Waals surface area (Å²) >= 11 is 0. The summed E-state index contributed by atoms with van der Waals surface area (Å²) in [4.78, 5) is 30.5. The summed E-state index contributed by atoms with van der Waals surface area (Å²) in [5.74, 6) is -3.27. The third kappa shape index (κ3) is 4.01. The van der Waals surface area contributed by atoms with E-state index >= 15 is 0 Å². The Morgan fingerprint density at radius 3 is 1.84 bits per heavy atom. The average molecular weight is 352 g/mol. The first-order chi connectivity index (χ1) is 11.7. The quantitative estimate of drug-likeness (QED) is 0.239. The Bertz CT molecular complexity index is 639. The Kier molecular flexibility index (Phi) is 4.58. The average Bonchev–Trinajstić information content (AvgIpc) is 3.39. The summed E-state index contributed by atoms with van der Waals surface area (Å²) < 4.78 is 0. The highest BCUT2D eigenvalue weighted by molar-refractivity contribution is 6.22. The fourth-order valence-electron chi connectivity index (χ4n) is 2.43. The molecule has 0 amide bonds. The van der Waals surface area contributed by atoms with Crippen molar-refractivity contribution in [3.05, 3.63) is 23.2 Å². The molecule has 0 saturated carbocycles. The largest absolute Gasteiger partial charge is 0.365 e. The maximum absolute atomic E-state index is 12.4. The van der Waals surface area contributed by atoms with Gasteiger partial charge in [0.15, 0.2) is 0 Å². The van der Waals surface area contributed by atoms with Crippen LogP contribution in [-0.2, 0) is 9.59 Å². The van der Waals surface area contributed by atoms with E-state index in [-0.39, 0.29) is 18.1 Å². The zero-order chi connectivity index (χ0) is 18.4. The first-order valence-corrected chi connectivity index (χ1v) is 8.41. The normalized spacial score (nSPS) is 23.2. The summed E-state index contributed by atoms with van der Waals surface area (Å²) in [6.45, 7) is 6.88. The van der Waals surface area contributed by atoms with Crippen molar-refractivity contribution in [2.75, 3.05) is 45.8 Å². The number of allylic oxidation sites excluding steroid dienone is 1. The number of nitrogens with zero attached hydrogens (tertiary/aromatic N) is 3. The lowest BCUT2D eigenvalue weighted by molar-refractivity contribution is -0.337. The van der Waals surface area contributed by atoms with E-state index in [9.17, 15) is 9.59 Å². The molecule has 1 aliphatic carbocycles. The second-order valence-electron chi connectivity index (χ2n) is 6.71. The molecule has 4 aliphatic rings. The predicted molar refractivity (Wildman–Crippen MR) is 87.4 cm³/mol. The maximum Gasteiger partial charge on any atom is 0.279 e. The lowest BCUT2D eigenvalue weighted by atomic mass is 10.0. The van der Waals surface area contributed by atoms with Crippen LogP contribution < -0.4 is 5.73 Å². The highest BCUT2D eigenvalue weighted by Crippen LogP contribution is 2.33. The fourth-order valence-corrected chi connectivity index (χ4v) is 2.43. The van der Waals surface area contributed by atoms with Crippen LogP contribution in [0.3, 0.4) is 0 Å². The molecule has 0 aromatic heterocycles. The van der Waals surface area contributed by atoms with Crippen LogP contribution in [0.15, 0.2) is 23.2 Å². The van der Waals surface area contributed by atoms with E-state index in [4.69, 9.17) is 21.1 Å². The van der Waals surface area contributed by atoms with Gasteiger partial charge in [0.1, 0.15) is 11.4 Å². The molecule has 0 radical (unpaired) electrons. The van der Waals surface area contributed by atoms with Crippen LogP contribution in [0.5, 0.6) is 0 Å². The van der Waals surface area contributed by atoms with Gasteiger partial charge in [-0.05, 0) is 0 Å². The summed E-state index contributed by atoms with van der Waals surface area (Å²) in [5.41, 5.74) is 6.86. The molecule has 3 heterocycles. The molecule has 3 aliphatic heterocycles. The van der Waals surface area contributed by atoms with Crippen LogP contribution in [0.1, 0.15) is 6.92 Å². The molecule has 1 atom stereocenters. The third-order valence-electron chi connectivity index (χ3n) is 4.50. The van der Waals surface area contributed by atoms with E-state index in [1.54, 1.807) is 0 Å². The third-order valence-corrected chi connectivity index (χ3v) is 4.50. The van der Waals surface area contributed by atoms with Gasteiger partial charge in [0.05, 0.1) is 5.70 Å². The van der Waals surface area contributed by atoms with E-state index in [1.165, 1.54) is 13.0 Å². The standard InChI is InChI=1S/C12H13N3O2.C4H11NO3/c16-9-7-8(13-1-2-13)12(17)11(15-5-6-15)10(9)14-3-4-14;1-3(2-5)4(6,7)8/h7H,1-6H2;3,6-8H,2,5H2,1H3. The second-order valence-corrected chi connectivity index (χ2v) is 6.71. The number of aliphatic hydroxyl groups is 3. The Balaban J connectivity index is 0.000000197. The van der Waals surface area contributed by atoms with Gasteiger partial charge in [0.2, 0.25) is 11.6 Å². The van der Waals surface area contributed by atoms with Crippen LogP contribution in [0.25, 0.3) is 0 Å². The zero-order valence-corrected chi connectivity index (χ0v) is 14.2. The van der Waals surface area contributed by atoms with Crippen LogP contribution >= 0.6 is 0 Å². The van der Waals surface area contributed by atoms with Crippen LogP contribution in [0.2, 0.25) is 0 Å². The SMILES string of the molecule is CC(CN)C(O)(O)O.O=C1C=C(N2CC2)C(=O)C(N2CC2)=C1N1CC1. The summed E-state index contributed by atoms with van der Waals surface area (Å²) in [5, 5.41) is 25.0. The minimum atomic E-state index is -2.62. The molecule has 4 rings (SSSR count). The van der Waals surface area contributed by atoms with Crippen molar-refractivity contribution >= 4 is 11.6 Å². The van der Waals surface area contributed by atoms with Crippen LogP contribution in [0.4, 0.5) is 0 Å². The van der Waals surface area contributed by atoms with E-state index in [0.29, 0.717) is 17.1 Å². The Morgan fingerprint density at radius 2 is 1.48 bits per heavy atom. The van der Waals surface area contributed by atoms with Crippen molar-refractivity contribution in [1.82, 2.24) is 14.7 Å². The number of nitrogens with two attached hydrogens (primary N) is 1. The molecule has 9 heteroatoms. The van der Waals surface area contributed by atoms with Crippen molar-refractivity contribution in [3.63, 3.8) is 0 Å². The number of hydrogen-bond acceptors (Lipinski definition) is 9. The molecule has 138 valence electrons. The van der Waals surface area contributed by atoms with Crippen molar-refractivity contribution < 1.29 is 24.9 Å². The van der Waals surface area contributed by atoms with Gasteiger partial charge in [-0.1, -0.05) is 6.92 Å². The van der Waals surface area contributed by atoms with Crippen LogP contribution in [-0.4, -0.2) is 93.4 Å². The molecule has 1 unspecified atom stereocenters. The number of hydrogen-bond donors (Lipinski definition) is 4. The van der Waals surface area contributed by atoms with Gasteiger partial charge < -0.3 is 35.8 Å². The highest BCUT2D eigenvalue weighted by Gasteiger charge is 2.43. The van der Waals surface area contributed by atoms with Crippen LogP contribution in [0, 0.1) is 5.92 Å². The van der Waals surface area contributed by atoms with Crippen molar-refractivity contribution in [3.8, 4) is 0 Å². The smallest absolute Gasteiger partial charge is 0.279 e. The number of ketones is 2. The molecular formula is C16H24N4O5.